The van der Waals surface area contributed by atoms with Gasteiger partial charge in [0.2, 0.25) is 0 Å². The van der Waals surface area contributed by atoms with Gasteiger partial charge in [-0.1, -0.05) is 71.8 Å². The van der Waals surface area contributed by atoms with Gasteiger partial charge in [-0.3, -0.25) is 9.69 Å². The molecular weight excluding hydrogens is 568 g/mol. The van der Waals surface area contributed by atoms with Crippen LogP contribution in [0.2, 0.25) is 5.02 Å². The summed E-state index contributed by atoms with van der Waals surface area (Å²) in [6, 6.07) is 29.0. The number of aryl methyl sites for hydroxylation is 1. The van der Waals surface area contributed by atoms with E-state index >= 15 is 0 Å². The quantitative estimate of drug-likeness (QED) is 0.171. The SMILES string of the molecule is CCOc1cc(/C=C2\SC(=Nc3ccccc3)N(Cc3ccc(OC)cc3)C2=O)cc(Cl)c1OCc1ccc(C)cc1. The molecule has 0 unspecified atom stereocenters. The normalized spacial score (nSPS) is 15.0. The van der Waals surface area contributed by atoms with E-state index in [-0.39, 0.29) is 5.91 Å². The minimum Gasteiger partial charge on any atom is -0.497 e. The molecule has 214 valence electrons. The molecule has 1 heterocycles. The topological polar surface area (TPSA) is 60.4 Å². The zero-order valence-corrected chi connectivity index (χ0v) is 25.2. The van der Waals surface area contributed by atoms with Crippen molar-refractivity contribution in [3.05, 3.63) is 123 Å². The number of halogens is 1. The maximum atomic E-state index is 13.7. The van der Waals surface area contributed by atoms with E-state index in [0.29, 0.717) is 46.4 Å². The van der Waals surface area contributed by atoms with Crippen LogP contribution >= 0.6 is 23.4 Å². The zero-order valence-electron chi connectivity index (χ0n) is 23.7. The van der Waals surface area contributed by atoms with E-state index in [2.05, 4.69) is 0 Å². The molecule has 4 aromatic carbocycles. The molecule has 1 aliphatic heterocycles. The number of amides is 1. The fraction of sp³-hybridized carbons (Fsp3) is 0.176. The molecule has 0 N–H and O–H groups in total. The van der Waals surface area contributed by atoms with Gasteiger partial charge in [-0.15, -0.1) is 0 Å². The smallest absolute Gasteiger partial charge is 0.267 e. The summed E-state index contributed by atoms with van der Waals surface area (Å²) in [5, 5.41) is 1.01. The number of para-hydroxylation sites is 1. The highest BCUT2D eigenvalue weighted by Crippen LogP contribution is 2.40. The van der Waals surface area contributed by atoms with E-state index in [4.69, 9.17) is 30.8 Å². The summed E-state index contributed by atoms with van der Waals surface area (Å²) in [5.74, 6) is 1.61. The number of hydrogen-bond acceptors (Lipinski definition) is 6. The van der Waals surface area contributed by atoms with Crippen LogP contribution in [0.25, 0.3) is 6.08 Å². The molecule has 0 atom stereocenters. The standard InChI is InChI=1S/C34H31ClN2O4S/c1-4-40-30-19-26(18-29(35)32(30)41-22-25-12-10-23(2)11-13-25)20-31-33(38)37(21-24-14-16-28(39-3)17-15-24)34(42-31)36-27-8-6-5-7-9-27/h5-20H,4,21-22H2,1-3H3/b31-20-,36-34?. The zero-order chi connectivity index (χ0) is 29.5. The van der Waals surface area contributed by atoms with Crippen LogP contribution in [0.1, 0.15) is 29.2 Å². The molecule has 0 spiro atoms. The van der Waals surface area contributed by atoms with Crippen molar-refractivity contribution >= 4 is 46.2 Å². The van der Waals surface area contributed by atoms with Gasteiger partial charge in [-0.25, -0.2) is 4.99 Å². The van der Waals surface area contributed by atoms with Crippen molar-refractivity contribution in [2.75, 3.05) is 13.7 Å². The molecule has 1 saturated heterocycles. The molecule has 1 amide bonds. The van der Waals surface area contributed by atoms with Gasteiger partial charge in [0.1, 0.15) is 12.4 Å². The number of carbonyl (C=O) groups excluding carboxylic acids is 1. The molecule has 1 aliphatic rings. The summed E-state index contributed by atoms with van der Waals surface area (Å²) in [5.41, 5.74) is 4.67. The van der Waals surface area contributed by atoms with Crippen molar-refractivity contribution in [1.82, 2.24) is 4.90 Å². The third-order valence-electron chi connectivity index (χ3n) is 6.50. The molecule has 42 heavy (non-hydrogen) atoms. The second-order valence-corrected chi connectivity index (χ2v) is 11.0. The predicted molar refractivity (Wildman–Crippen MR) is 171 cm³/mol. The van der Waals surface area contributed by atoms with Gasteiger partial charge < -0.3 is 14.2 Å². The summed E-state index contributed by atoms with van der Waals surface area (Å²) < 4.78 is 17.3. The number of carbonyl (C=O) groups is 1. The Morgan fingerprint density at radius 3 is 2.33 bits per heavy atom. The number of benzene rings is 4. The van der Waals surface area contributed by atoms with E-state index in [1.807, 2.05) is 105 Å². The molecule has 0 aliphatic carbocycles. The molecular formula is C34H31ClN2O4S. The van der Waals surface area contributed by atoms with E-state index in [9.17, 15) is 4.79 Å². The van der Waals surface area contributed by atoms with Crippen LogP contribution in [0.15, 0.2) is 101 Å². The Bertz CT molecular complexity index is 1600. The van der Waals surface area contributed by atoms with Crippen molar-refractivity contribution < 1.29 is 19.0 Å². The number of rotatable bonds is 10. The molecule has 4 aromatic rings. The third-order valence-corrected chi connectivity index (χ3v) is 7.79. The Morgan fingerprint density at radius 2 is 1.64 bits per heavy atom. The Kier molecular flexibility index (Phi) is 9.52. The number of methoxy groups -OCH3 is 1. The number of nitrogens with zero attached hydrogens (tertiary/aromatic N) is 2. The minimum atomic E-state index is -0.140. The highest BCUT2D eigenvalue weighted by atomic mass is 35.5. The maximum absolute atomic E-state index is 13.7. The molecule has 0 bridgehead atoms. The first-order valence-electron chi connectivity index (χ1n) is 13.6. The van der Waals surface area contributed by atoms with Crippen molar-refractivity contribution in [1.29, 1.82) is 0 Å². The van der Waals surface area contributed by atoms with E-state index in [0.717, 1.165) is 28.1 Å². The van der Waals surface area contributed by atoms with Gasteiger partial charge in [0.05, 0.1) is 35.9 Å². The number of amidine groups is 1. The molecule has 8 heteroatoms. The Balaban J connectivity index is 1.44. The van der Waals surface area contributed by atoms with E-state index in [1.54, 1.807) is 18.1 Å². The summed E-state index contributed by atoms with van der Waals surface area (Å²) in [6.45, 7) is 5.12. The molecule has 1 fully saturated rings. The van der Waals surface area contributed by atoms with Crippen LogP contribution in [0.3, 0.4) is 0 Å². The fourth-order valence-electron chi connectivity index (χ4n) is 4.32. The predicted octanol–water partition coefficient (Wildman–Crippen LogP) is 8.44. The van der Waals surface area contributed by atoms with Crippen LogP contribution in [-0.4, -0.2) is 29.7 Å². The number of ether oxygens (including phenoxy) is 3. The molecule has 5 rings (SSSR count). The second kappa shape index (κ2) is 13.6. The number of aliphatic imine (C=N–C) groups is 1. The lowest BCUT2D eigenvalue weighted by atomic mass is 10.1. The van der Waals surface area contributed by atoms with Crippen molar-refractivity contribution in [2.45, 2.75) is 27.0 Å². The van der Waals surface area contributed by atoms with Crippen LogP contribution < -0.4 is 14.2 Å². The summed E-state index contributed by atoms with van der Waals surface area (Å²) in [4.78, 5) is 20.7. The Labute approximate surface area is 255 Å². The van der Waals surface area contributed by atoms with E-state index in [1.165, 1.54) is 17.3 Å². The lowest BCUT2D eigenvalue weighted by Gasteiger charge is -2.16. The second-order valence-electron chi connectivity index (χ2n) is 9.62. The van der Waals surface area contributed by atoms with Crippen LogP contribution in [0, 0.1) is 6.92 Å². The van der Waals surface area contributed by atoms with Gasteiger partial charge >= 0.3 is 0 Å². The fourth-order valence-corrected chi connectivity index (χ4v) is 5.59. The van der Waals surface area contributed by atoms with Crippen LogP contribution in [-0.2, 0) is 17.9 Å². The number of hydrogen-bond donors (Lipinski definition) is 0. The first kappa shape index (κ1) is 29.3. The Hall–Kier alpha value is -4.20. The number of thioether (sulfide) groups is 1. The van der Waals surface area contributed by atoms with Crippen LogP contribution in [0.5, 0.6) is 17.2 Å². The summed E-state index contributed by atoms with van der Waals surface area (Å²) in [6.07, 6.45) is 1.82. The van der Waals surface area contributed by atoms with Crippen molar-refractivity contribution in [2.24, 2.45) is 4.99 Å². The highest BCUT2D eigenvalue weighted by Gasteiger charge is 2.33. The lowest BCUT2D eigenvalue weighted by Crippen LogP contribution is -2.28. The third kappa shape index (κ3) is 7.16. The summed E-state index contributed by atoms with van der Waals surface area (Å²) in [7, 11) is 1.63. The van der Waals surface area contributed by atoms with Crippen LogP contribution in [0.4, 0.5) is 5.69 Å². The van der Waals surface area contributed by atoms with Crippen molar-refractivity contribution in [3.8, 4) is 17.2 Å². The largest absolute Gasteiger partial charge is 0.497 e. The Morgan fingerprint density at radius 1 is 0.929 bits per heavy atom. The first-order valence-corrected chi connectivity index (χ1v) is 14.8. The van der Waals surface area contributed by atoms with Gasteiger partial charge in [-0.2, -0.15) is 0 Å². The summed E-state index contributed by atoms with van der Waals surface area (Å²) >= 11 is 8.04. The molecule has 0 radical (unpaired) electrons. The molecule has 6 nitrogen and oxygen atoms in total. The molecule has 0 saturated carbocycles. The lowest BCUT2D eigenvalue weighted by molar-refractivity contribution is -0.122. The maximum Gasteiger partial charge on any atom is 0.267 e. The van der Waals surface area contributed by atoms with Gasteiger partial charge in [0.25, 0.3) is 5.91 Å². The van der Waals surface area contributed by atoms with Gasteiger partial charge in [-0.05, 0) is 84.8 Å². The first-order chi connectivity index (χ1) is 20.4. The van der Waals surface area contributed by atoms with Gasteiger partial charge in [0.15, 0.2) is 16.7 Å². The van der Waals surface area contributed by atoms with Crippen molar-refractivity contribution in [3.63, 3.8) is 0 Å². The average molecular weight is 599 g/mol. The van der Waals surface area contributed by atoms with E-state index < -0.39 is 0 Å². The monoisotopic (exact) mass is 598 g/mol. The highest BCUT2D eigenvalue weighted by molar-refractivity contribution is 8.18. The van der Waals surface area contributed by atoms with Gasteiger partial charge in [0, 0.05) is 0 Å². The minimum absolute atomic E-state index is 0.140. The molecule has 0 aromatic heterocycles. The average Bonchev–Trinajstić information content (AvgIpc) is 3.27.